The summed E-state index contributed by atoms with van der Waals surface area (Å²) < 4.78 is 2.16. The van der Waals surface area contributed by atoms with E-state index < -0.39 is 0 Å². The van der Waals surface area contributed by atoms with Gasteiger partial charge < -0.3 is 5.32 Å². The van der Waals surface area contributed by atoms with E-state index in [-0.39, 0.29) is 0 Å². The SMILES string of the molecule is CNC(Cn1nc(C)c(C)c1C)C1CC1. The fourth-order valence-corrected chi connectivity index (χ4v) is 2.13. The van der Waals surface area contributed by atoms with Crippen LogP contribution in [0, 0.1) is 26.7 Å². The number of nitrogens with one attached hydrogen (secondary N) is 1. The third kappa shape index (κ3) is 2.07. The van der Waals surface area contributed by atoms with Crippen LogP contribution < -0.4 is 5.32 Å². The molecule has 3 nitrogen and oxygen atoms in total. The van der Waals surface area contributed by atoms with Gasteiger partial charge in [-0.2, -0.15) is 5.10 Å². The molecule has 1 heterocycles. The van der Waals surface area contributed by atoms with E-state index in [0.29, 0.717) is 6.04 Å². The Hall–Kier alpha value is -0.830. The van der Waals surface area contributed by atoms with Crippen LogP contribution in [0.3, 0.4) is 0 Å². The maximum atomic E-state index is 4.58. The van der Waals surface area contributed by atoms with Gasteiger partial charge in [0.1, 0.15) is 0 Å². The normalized spacial score (nSPS) is 18.1. The van der Waals surface area contributed by atoms with Crippen molar-refractivity contribution in [3.63, 3.8) is 0 Å². The standard InChI is InChI=1S/C12H21N3/c1-8-9(2)14-15(10(8)3)7-12(13-4)11-5-6-11/h11-13H,5-7H2,1-4H3. The van der Waals surface area contributed by atoms with Crippen LogP contribution in [0.15, 0.2) is 0 Å². The number of aromatic nitrogens is 2. The molecule has 0 aromatic carbocycles. The van der Waals surface area contributed by atoms with Gasteiger partial charge in [-0.15, -0.1) is 0 Å². The van der Waals surface area contributed by atoms with E-state index >= 15 is 0 Å². The molecule has 3 heteroatoms. The van der Waals surface area contributed by atoms with Gasteiger partial charge in [0, 0.05) is 11.7 Å². The molecule has 1 atom stereocenters. The van der Waals surface area contributed by atoms with Crippen LogP contribution in [0.25, 0.3) is 0 Å². The lowest BCUT2D eigenvalue weighted by Gasteiger charge is -2.16. The Bertz CT molecular complexity index is 350. The van der Waals surface area contributed by atoms with Crippen molar-refractivity contribution >= 4 is 0 Å². The predicted octanol–water partition coefficient (Wildman–Crippen LogP) is 1.81. The molecule has 1 unspecified atom stereocenters. The number of hydrogen-bond donors (Lipinski definition) is 1. The molecule has 0 bridgehead atoms. The first-order valence-corrected chi connectivity index (χ1v) is 5.81. The van der Waals surface area contributed by atoms with Gasteiger partial charge in [0.15, 0.2) is 0 Å². The van der Waals surface area contributed by atoms with E-state index in [9.17, 15) is 0 Å². The zero-order chi connectivity index (χ0) is 11.0. The summed E-state index contributed by atoms with van der Waals surface area (Å²) >= 11 is 0. The van der Waals surface area contributed by atoms with Crippen LogP contribution in [-0.4, -0.2) is 22.9 Å². The molecule has 15 heavy (non-hydrogen) atoms. The topological polar surface area (TPSA) is 29.9 Å². The first-order valence-electron chi connectivity index (χ1n) is 5.81. The van der Waals surface area contributed by atoms with Gasteiger partial charge in [-0.05, 0) is 52.1 Å². The van der Waals surface area contributed by atoms with Crippen LogP contribution >= 0.6 is 0 Å². The molecule has 0 amide bonds. The van der Waals surface area contributed by atoms with Crippen molar-refractivity contribution in [2.75, 3.05) is 7.05 Å². The second-order valence-corrected chi connectivity index (χ2v) is 4.71. The molecule has 1 N–H and O–H groups in total. The smallest absolute Gasteiger partial charge is 0.0625 e. The molecule has 1 saturated carbocycles. The Kier molecular flexibility index (Phi) is 2.83. The highest BCUT2D eigenvalue weighted by Gasteiger charge is 2.30. The third-order valence-electron chi connectivity index (χ3n) is 3.67. The average Bonchev–Trinajstić information content (AvgIpc) is 3.01. The Morgan fingerprint density at radius 3 is 2.47 bits per heavy atom. The minimum atomic E-state index is 0.599. The van der Waals surface area contributed by atoms with E-state index in [1.54, 1.807) is 0 Å². The lowest BCUT2D eigenvalue weighted by Crippen LogP contribution is -2.32. The quantitative estimate of drug-likeness (QED) is 0.816. The van der Waals surface area contributed by atoms with E-state index in [4.69, 9.17) is 0 Å². The van der Waals surface area contributed by atoms with Gasteiger partial charge in [0.25, 0.3) is 0 Å². The van der Waals surface area contributed by atoms with Crippen molar-refractivity contribution in [2.24, 2.45) is 5.92 Å². The van der Waals surface area contributed by atoms with E-state index in [2.05, 4.69) is 42.9 Å². The van der Waals surface area contributed by atoms with Crippen molar-refractivity contribution in [1.29, 1.82) is 0 Å². The molecule has 1 fully saturated rings. The van der Waals surface area contributed by atoms with Crippen LogP contribution in [0.4, 0.5) is 0 Å². The first kappa shape index (κ1) is 10.7. The molecule has 0 spiro atoms. The van der Waals surface area contributed by atoms with Gasteiger partial charge in [0.2, 0.25) is 0 Å². The Balaban J connectivity index is 2.11. The minimum absolute atomic E-state index is 0.599. The summed E-state index contributed by atoms with van der Waals surface area (Å²) in [6.07, 6.45) is 2.76. The number of hydrogen-bond acceptors (Lipinski definition) is 2. The summed E-state index contributed by atoms with van der Waals surface area (Å²) in [5.74, 6) is 0.874. The molecule has 1 aromatic heterocycles. The van der Waals surface area contributed by atoms with Gasteiger partial charge in [-0.1, -0.05) is 0 Å². The zero-order valence-electron chi connectivity index (χ0n) is 10.2. The predicted molar refractivity (Wildman–Crippen MR) is 62.0 cm³/mol. The maximum absolute atomic E-state index is 4.58. The highest BCUT2D eigenvalue weighted by Crippen LogP contribution is 2.33. The summed E-state index contributed by atoms with van der Waals surface area (Å²) in [5, 5.41) is 7.99. The first-order chi connectivity index (χ1) is 7.13. The Morgan fingerprint density at radius 2 is 2.07 bits per heavy atom. The number of nitrogens with zero attached hydrogens (tertiary/aromatic N) is 2. The van der Waals surface area contributed by atoms with Crippen LogP contribution in [0.2, 0.25) is 0 Å². The molecule has 84 valence electrons. The summed E-state index contributed by atoms with van der Waals surface area (Å²) in [6.45, 7) is 7.42. The largest absolute Gasteiger partial charge is 0.315 e. The van der Waals surface area contributed by atoms with Gasteiger partial charge in [-0.25, -0.2) is 0 Å². The van der Waals surface area contributed by atoms with Crippen molar-refractivity contribution in [3.8, 4) is 0 Å². The fourth-order valence-electron chi connectivity index (χ4n) is 2.13. The molecule has 1 aliphatic carbocycles. The third-order valence-corrected chi connectivity index (χ3v) is 3.67. The molecule has 0 saturated heterocycles. The van der Waals surface area contributed by atoms with Crippen molar-refractivity contribution in [1.82, 2.24) is 15.1 Å². The van der Waals surface area contributed by atoms with Gasteiger partial charge in [-0.3, -0.25) is 4.68 Å². The minimum Gasteiger partial charge on any atom is -0.315 e. The highest BCUT2D eigenvalue weighted by atomic mass is 15.3. The van der Waals surface area contributed by atoms with Gasteiger partial charge >= 0.3 is 0 Å². The molecule has 0 aliphatic heterocycles. The lowest BCUT2D eigenvalue weighted by molar-refractivity contribution is 0.408. The van der Waals surface area contributed by atoms with Crippen LogP contribution in [0.1, 0.15) is 29.8 Å². The highest BCUT2D eigenvalue weighted by molar-refractivity contribution is 5.22. The molecular formula is C12H21N3. The summed E-state index contributed by atoms with van der Waals surface area (Å²) in [7, 11) is 2.06. The van der Waals surface area contributed by atoms with E-state index in [0.717, 1.165) is 18.2 Å². The molecule has 2 rings (SSSR count). The Labute approximate surface area is 91.9 Å². The van der Waals surface area contributed by atoms with Crippen molar-refractivity contribution in [2.45, 2.75) is 46.2 Å². The summed E-state index contributed by atoms with van der Waals surface area (Å²) in [5.41, 5.74) is 3.81. The maximum Gasteiger partial charge on any atom is 0.0625 e. The van der Waals surface area contributed by atoms with E-state index in [1.807, 2.05) is 0 Å². The zero-order valence-corrected chi connectivity index (χ0v) is 10.2. The van der Waals surface area contributed by atoms with Crippen LogP contribution in [-0.2, 0) is 6.54 Å². The fraction of sp³-hybridized carbons (Fsp3) is 0.750. The second-order valence-electron chi connectivity index (χ2n) is 4.71. The molecular weight excluding hydrogens is 186 g/mol. The van der Waals surface area contributed by atoms with Gasteiger partial charge in [0.05, 0.1) is 12.2 Å². The molecule has 1 aliphatic rings. The Morgan fingerprint density at radius 1 is 1.40 bits per heavy atom. The summed E-state index contributed by atoms with van der Waals surface area (Å²) in [4.78, 5) is 0. The summed E-state index contributed by atoms with van der Waals surface area (Å²) in [6, 6.07) is 0.599. The van der Waals surface area contributed by atoms with Crippen LogP contribution in [0.5, 0.6) is 0 Å². The number of likely N-dealkylation sites (N-methyl/N-ethyl adjacent to an activating group) is 1. The monoisotopic (exact) mass is 207 g/mol. The second kappa shape index (κ2) is 3.97. The van der Waals surface area contributed by atoms with Crippen molar-refractivity contribution < 1.29 is 0 Å². The molecule has 1 aromatic rings. The molecule has 0 radical (unpaired) electrons. The van der Waals surface area contributed by atoms with Crippen molar-refractivity contribution in [3.05, 3.63) is 17.0 Å². The average molecular weight is 207 g/mol. The lowest BCUT2D eigenvalue weighted by atomic mass is 10.2. The number of aryl methyl sites for hydroxylation is 1. The van der Waals surface area contributed by atoms with E-state index in [1.165, 1.54) is 24.1 Å². The number of rotatable bonds is 4.